The van der Waals surface area contributed by atoms with E-state index >= 15 is 0 Å². The highest BCUT2D eigenvalue weighted by Crippen LogP contribution is 2.25. The molecule has 4 N–H and O–H groups in total. The van der Waals surface area contributed by atoms with Gasteiger partial charge in [0, 0.05) is 18.2 Å². The summed E-state index contributed by atoms with van der Waals surface area (Å²) in [6, 6.07) is 19.0. The predicted molar refractivity (Wildman–Crippen MR) is 117 cm³/mol. The van der Waals surface area contributed by atoms with Crippen LogP contribution in [0.2, 0.25) is 0 Å². The van der Waals surface area contributed by atoms with Crippen LogP contribution >= 0.6 is 0 Å². The van der Waals surface area contributed by atoms with E-state index in [4.69, 9.17) is 10.5 Å². The van der Waals surface area contributed by atoms with Gasteiger partial charge in [-0.2, -0.15) is 0 Å². The summed E-state index contributed by atoms with van der Waals surface area (Å²) in [5, 5.41) is 0. The Labute approximate surface area is 179 Å². The molecule has 158 valence electrons. The average Bonchev–Trinajstić information content (AvgIpc) is 3.15. The highest BCUT2D eigenvalue weighted by molar-refractivity contribution is 7.89. The Morgan fingerprint density at radius 2 is 1.87 bits per heavy atom. The highest BCUT2D eigenvalue weighted by atomic mass is 32.2. The number of imidazole rings is 1. The number of carbonyl (C=O) groups is 1. The van der Waals surface area contributed by atoms with Crippen molar-refractivity contribution in [2.24, 2.45) is 5.73 Å². The van der Waals surface area contributed by atoms with Crippen LogP contribution in [0.3, 0.4) is 0 Å². The SMILES string of the molecule is Cc1cccc(CNS(=O)(=O)c2ccc(-c3nc4cc(OC(N)=O)ccc4[nH]3)cc2)c1. The lowest BCUT2D eigenvalue weighted by molar-refractivity contribution is 0.211. The minimum Gasteiger partial charge on any atom is -0.410 e. The maximum Gasteiger partial charge on any atom is 0.409 e. The van der Waals surface area contributed by atoms with E-state index in [0.29, 0.717) is 22.7 Å². The molecule has 1 heterocycles. The van der Waals surface area contributed by atoms with E-state index in [2.05, 4.69) is 14.7 Å². The van der Waals surface area contributed by atoms with Gasteiger partial charge in [-0.05, 0) is 48.9 Å². The third kappa shape index (κ3) is 4.73. The normalized spacial score (nSPS) is 11.5. The molecular formula is C22H20N4O4S. The van der Waals surface area contributed by atoms with E-state index in [1.54, 1.807) is 30.3 Å². The second-order valence-electron chi connectivity index (χ2n) is 7.02. The fourth-order valence-corrected chi connectivity index (χ4v) is 4.20. The van der Waals surface area contributed by atoms with Crippen LogP contribution in [0.1, 0.15) is 11.1 Å². The van der Waals surface area contributed by atoms with Gasteiger partial charge in [-0.25, -0.2) is 22.9 Å². The van der Waals surface area contributed by atoms with Crippen molar-refractivity contribution in [3.8, 4) is 17.1 Å². The lowest BCUT2D eigenvalue weighted by Crippen LogP contribution is -2.23. The summed E-state index contributed by atoms with van der Waals surface area (Å²) in [7, 11) is -3.65. The Bertz CT molecular complexity index is 1360. The van der Waals surface area contributed by atoms with Crippen molar-refractivity contribution < 1.29 is 17.9 Å². The molecule has 9 heteroatoms. The topological polar surface area (TPSA) is 127 Å². The van der Waals surface area contributed by atoms with E-state index in [0.717, 1.165) is 16.6 Å². The zero-order valence-electron chi connectivity index (χ0n) is 16.6. The van der Waals surface area contributed by atoms with Crippen molar-refractivity contribution in [3.05, 3.63) is 77.9 Å². The number of ether oxygens (including phenoxy) is 1. The molecule has 0 fully saturated rings. The smallest absolute Gasteiger partial charge is 0.409 e. The Kier molecular flexibility index (Phi) is 5.45. The summed E-state index contributed by atoms with van der Waals surface area (Å²) >= 11 is 0. The molecule has 0 saturated carbocycles. The summed E-state index contributed by atoms with van der Waals surface area (Å²) in [5.41, 5.74) is 9.03. The molecule has 0 atom stereocenters. The maximum atomic E-state index is 12.6. The molecule has 0 aliphatic heterocycles. The summed E-state index contributed by atoms with van der Waals surface area (Å²) in [6.07, 6.45) is -0.900. The number of hydrogen-bond acceptors (Lipinski definition) is 5. The zero-order valence-corrected chi connectivity index (χ0v) is 17.4. The van der Waals surface area contributed by atoms with Crippen molar-refractivity contribution >= 4 is 27.1 Å². The fourth-order valence-electron chi connectivity index (χ4n) is 3.18. The first-order valence-corrected chi connectivity index (χ1v) is 10.9. The van der Waals surface area contributed by atoms with E-state index in [9.17, 15) is 13.2 Å². The number of fused-ring (bicyclic) bond motifs is 1. The van der Waals surface area contributed by atoms with Gasteiger partial charge in [0.2, 0.25) is 10.0 Å². The number of sulfonamides is 1. The molecule has 8 nitrogen and oxygen atoms in total. The molecule has 4 aromatic rings. The van der Waals surface area contributed by atoms with Crippen molar-refractivity contribution in [2.45, 2.75) is 18.4 Å². The van der Waals surface area contributed by atoms with Crippen LogP contribution in [0.25, 0.3) is 22.4 Å². The van der Waals surface area contributed by atoms with Crippen LogP contribution in [-0.4, -0.2) is 24.5 Å². The van der Waals surface area contributed by atoms with Crippen molar-refractivity contribution in [1.82, 2.24) is 14.7 Å². The molecule has 31 heavy (non-hydrogen) atoms. The number of primary amides is 1. The van der Waals surface area contributed by atoms with Crippen molar-refractivity contribution in [2.75, 3.05) is 0 Å². The van der Waals surface area contributed by atoms with E-state index in [-0.39, 0.29) is 11.4 Å². The van der Waals surface area contributed by atoms with Crippen molar-refractivity contribution in [1.29, 1.82) is 0 Å². The maximum absolute atomic E-state index is 12.6. The van der Waals surface area contributed by atoms with Gasteiger partial charge >= 0.3 is 6.09 Å². The van der Waals surface area contributed by atoms with Gasteiger partial charge in [0.1, 0.15) is 11.6 Å². The number of amides is 1. The number of rotatable bonds is 6. The summed E-state index contributed by atoms with van der Waals surface area (Å²) in [4.78, 5) is 18.7. The third-order valence-corrected chi connectivity index (χ3v) is 6.08. The number of aromatic amines is 1. The molecule has 1 aromatic heterocycles. The first-order chi connectivity index (χ1) is 14.8. The molecule has 0 spiro atoms. The third-order valence-electron chi connectivity index (χ3n) is 4.66. The van der Waals surface area contributed by atoms with Crippen LogP contribution in [0.5, 0.6) is 5.75 Å². The van der Waals surface area contributed by atoms with Gasteiger partial charge in [0.25, 0.3) is 0 Å². The first kappa shape index (κ1) is 20.6. The highest BCUT2D eigenvalue weighted by Gasteiger charge is 2.15. The average molecular weight is 436 g/mol. The number of hydrogen-bond donors (Lipinski definition) is 3. The van der Waals surface area contributed by atoms with Crippen molar-refractivity contribution in [3.63, 3.8) is 0 Å². The largest absolute Gasteiger partial charge is 0.410 e. The van der Waals surface area contributed by atoms with Crippen LogP contribution < -0.4 is 15.2 Å². The molecule has 4 rings (SSSR count). The zero-order chi connectivity index (χ0) is 22.0. The molecule has 0 radical (unpaired) electrons. The van der Waals surface area contributed by atoms with E-state index in [1.165, 1.54) is 12.1 Å². The van der Waals surface area contributed by atoms with Gasteiger partial charge in [-0.1, -0.05) is 29.8 Å². The number of nitrogens with zero attached hydrogens (tertiary/aromatic N) is 1. The van der Waals surface area contributed by atoms with Gasteiger partial charge in [-0.3, -0.25) is 0 Å². The number of aryl methyl sites for hydroxylation is 1. The molecule has 0 aliphatic rings. The monoisotopic (exact) mass is 436 g/mol. The Hall–Kier alpha value is -3.69. The second-order valence-corrected chi connectivity index (χ2v) is 8.79. The molecule has 0 saturated heterocycles. The first-order valence-electron chi connectivity index (χ1n) is 9.43. The summed E-state index contributed by atoms with van der Waals surface area (Å²) in [6.45, 7) is 2.17. The van der Waals surface area contributed by atoms with Crippen LogP contribution in [0.15, 0.2) is 71.6 Å². The molecule has 0 aliphatic carbocycles. The summed E-state index contributed by atoms with van der Waals surface area (Å²) in [5.74, 6) is 0.849. The number of H-pyrrole nitrogens is 1. The van der Waals surface area contributed by atoms with Crippen LogP contribution in [-0.2, 0) is 16.6 Å². The predicted octanol–water partition coefficient (Wildman–Crippen LogP) is 3.47. The minimum atomic E-state index is -3.65. The van der Waals surface area contributed by atoms with Gasteiger partial charge in [0.05, 0.1) is 15.9 Å². The molecule has 0 unspecified atom stereocenters. The Morgan fingerprint density at radius 3 is 2.58 bits per heavy atom. The second kappa shape index (κ2) is 8.21. The molecular weight excluding hydrogens is 416 g/mol. The fraction of sp³-hybridized carbons (Fsp3) is 0.0909. The molecule has 0 bridgehead atoms. The van der Waals surface area contributed by atoms with E-state index in [1.807, 2.05) is 31.2 Å². The lowest BCUT2D eigenvalue weighted by Gasteiger charge is -2.08. The standard InChI is InChI=1S/C22H20N4O4S/c1-14-3-2-4-15(11-14)13-24-31(28,29)18-8-5-16(6-9-18)21-25-19-10-7-17(30-22(23)27)12-20(19)26-21/h2-12,24H,13H2,1H3,(H2,23,27)(H,25,26). The molecule has 1 amide bonds. The summed E-state index contributed by atoms with van der Waals surface area (Å²) < 4.78 is 32.7. The van der Waals surface area contributed by atoms with Gasteiger partial charge in [0.15, 0.2) is 0 Å². The Balaban J connectivity index is 1.52. The lowest BCUT2D eigenvalue weighted by atomic mass is 10.1. The number of aromatic nitrogens is 2. The number of nitrogens with one attached hydrogen (secondary N) is 2. The van der Waals surface area contributed by atoms with E-state index < -0.39 is 16.1 Å². The van der Waals surface area contributed by atoms with Gasteiger partial charge < -0.3 is 15.5 Å². The quantitative estimate of drug-likeness (QED) is 0.426. The molecule has 3 aromatic carbocycles. The Morgan fingerprint density at radius 1 is 1.10 bits per heavy atom. The minimum absolute atomic E-state index is 0.164. The van der Waals surface area contributed by atoms with Gasteiger partial charge in [-0.15, -0.1) is 0 Å². The number of carbonyl (C=O) groups excluding carboxylic acids is 1. The van der Waals surface area contributed by atoms with Crippen LogP contribution in [0.4, 0.5) is 4.79 Å². The number of benzene rings is 3. The number of nitrogens with two attached hydrogens (primary N) is 1. The van der Waals surface area contributed by atoms with Crippen LogP contribution in [0, 0.1) is 6.92 Å².